The van der Waals surface area contributed by atoms with Crippen LogP contribution in [0.15, 0.2) is 36.5 Å². The minimum atomic E-state index is -4.49. The van der Waals surface area contributed by atoms with Crippen molar-refractivity contribution in [2.75, 3.05) is 5.32 Å². The van der Waals surface area contributed by atoms with Gasteiger partial charge in [-0.25, -0.2) is 14.1 Å². The van der Waals surface area contributed by atoms with Crippen molar-refractivity contribution in [1.82, 2.24) is 14.8 Å². The first-order chi connectivity index (χ1) is 13.6. The second-order valence-electron chi connectivity index (χ2n) is 6.29. The van der Waals surface area contributed by atoms with E-state index in [-0.39, 0.29) is 22.9 Å². The van der Waals surface area contributed by atoms with E-state index < -0.39 is 23.5 Å². The minimum Gasteiger partial charge on any atom is -0.323 e. The molecule has 2 heterocycles. The van der Waals surface area contributed by atoms with E-state index in [1.807, 2.05) is 0 Å². The van der Waals surface area contributed by atoms with E-state index in [9.17, 15) is 22.4 Å². The van der Waals surface area contributed by atoms with Gasteiger partial charge in [0, 0.05) is 17.5 Å². The van der Waals surface area contributed by atoms with Crippen LogP contribution in [0.2, 0.25) is 5.02 Å². The summed E-state index contributed by atoms with van der Waals surface area (Å²) in [6.07, 6.45) is -3.87. The lowest BCUT2D eigenvalue weighted by Crippen LogP contribution is -2.16. The molecule has 3 rings (SSSR count). The zero-order chi connectivity index (χ0) is 21.3. The number of anilines is 1. The van der Waals surface area contributed by atoms with Crippen LogP contribution in [0.25, 0.3) is 5.82 Å². The van der Waals surface area contributed by atoms with Gasteiger partial charge in [-0.05, 0) is 38.1 Å². The number of hydrogen-bond donors (Lipinski definition) is 1. The van der Waals surface area contributed by atoms with Gasteiger partial charge in [0.15, 0.2) is 11.6 Å². The average Bonchev–Trinajstić information content (AvgIpc) is 2.93. The van der Waals surface area contributed by atoms with Crippen molar-refractivity contribution in [1.29, 1.82) is 0 Å². The third-order valence-corrected chi connectivity index (χ3v) is 4.59. The van der Waals surface area contributed by atoms with Crippen LogP contribution in [-0.2, 0) is 17.4 Å². The fraction of sp³-hybridized carbons (Fsp3) is 0.211. The van der Waals surface area contributed by atoms with Gasteiger partial charge in [-0.1, -0.05) is 17.7 Å². The lowest BCUT2D eigenvalue weighted by molar-refractivity contribution is -0.137. The normalized spacial score (nSPS) is 11.6. The van der Waals surface area contributed by atoms with E-state index in [1.165, 1.54) is 28.9 Å². The van der Waals surface area contributed by atoms with Crippen LogP contribution in [0.4, 0.5) is 23.2 Å². The van der Waals surface area contributed by atoms with E-state index in [0.717, 1.165) is 12.3 Å². The third-order valence-electron chi connectivity index (χ3n) is 4.30. The van der Waals surface area contributed by atoms with E-state index >= 15 is 0 Å². The molecule has 0 saturated carbocycles. The fourth-order valence-corrected chi connectivity index (χ4v) is 2.96. The van der Waals surface area contributed by atoms with Crippen LogP contribution in [0.3, 0.4) is 0 Å². The summed E-state index contributed by atoms with van der Waals surface area (Å²) < 4.78 is 53.4. The molecule has 0 bridgehead atoms. The van der Waals surface area contributed by atoms with Gasteiger partial charge in [0.25, 0.3) is 0 Å². The number of halogens is 5. The molecule has 0 spiro atoms. The van der Waals surface area contributed by atoms with Crippen molar-refractivity contribution < 1.29 is 22.4 Å². The van der Waals surface area contributed by atoms with Crippen LogP contribution in [0.5, 0.6) is 0 Å². The molecule has 0 fully saturated rings. The molecule has 2 aromatic heterocycles. The van der Waals surface area contributed by atoms with Gasteiger partial charge in [-0.2, -0.15) is 18.3 Å². The number of hydrogen-bond acceptors (Lipinski definition) is 3. The monoisotopic (exact) mass is 426 g/mol. The third kappa shape index (κ3) is 4.40. The average molecular weight is 427 g/mol. The second kappa shape index (κ2) is 7.82. The van der Waals surface area contributed by atoms with Gasteiger partial charge in [0.05, 0.1) is 28.4 Å². The molecule has 0 unspecified atom stereocenters. The molecular weight excluding hydrogens is 412 g/mol. The number of aryl methyl sites for hydroxylation is 1. The Balaban J connectivity index is 1.82. The standard InChI is InChI=1S/C19H15ClF4N4O/c1-10-13(8-17(29)26-15-5-3-4-14(20)18(15)21)11(2)28(27-10)16-7-6-12(9-25-16)19(22,23)24/h3-7,9H,8H2,1-2H3,(H,26,29). The number of nitrogens with zero attached hydrogens (tertiary/aromatic N) is 3. The highest BCUT2D eigenvalue weighted by atomic mass is 35.5. The number of nitrogens with one attached hydrogen (secondary N) is 1. The molecule has 0 radical (unpaired) electrons. The highest BCUT2D eigenvalue weighted by Gasteiger charge is 2.31. The molecule has 5 nitrogen and oxygen atoms in total. The van der Waals surface area contributed by atoms with Crippen LogP contribution in [-0.4, -0.2) is 20.7 Å². The van der Waals surface area contributed by atoms with Crippen LogP contribution >= 0.6 is 11.6 Å². The van der Waals surface area contributed by atoms with Gasteiger partial charge in [0.1, 0.15) is 0 Å². The largest absolute Gasteiger partial charge is 0.417 e. The molecular formula is C19H15ClF4N4O. The summed E-state index contributed by atoms with van der Waals surface area (Å²) in [5.74, 6) is -1.04. The predicted octanol–water partition coefficient (Wildman–Crippen LogP) is 4.88. The topological polar surface area (TPSA) is 59.8 Å². The van der Waals surface area contributed by atoms with E-state index in [4.69, 9.17) is 11.6 Å². The fourth-order valence-electron chi connectivity index (χ4n) is 2.79. The van der Waals surface area contributed by atoms with Crippen LogP contribution < -0.4 is 5.32 Å². The van der Waals surface area contributed by atoms with Gasteiger partial charge in [0.2, 0.25) is 5.91 Å². The molecule has 152 valence electrons. The second-order valence-corrected chi connectivity index (χ2v) is 6.70. The molecule has 0 saturated heterocycles. The number of rotatable bonds is 4. The zero-order valence-corrected chi connectivity index (χ0v) is 16.1. The first-order valence-corrected chi connectivity index (χ1v) is 8.78. The molecule has 1 aromatic carbocycles. The molecule has 0 aliphatic rings. The molecule has 1 N–H and O–H groups in total. The number of benzene rings is 1. The van der Waals surface area contributed by atoms with E-state index in [0.29, 0.717) is 17.0 Å². The molecule has 10 heteroatoms. The molecule has 0 aliphatic heterocycles. The summed E-state index contributed by atoms with van der Waals surface area (Å²) in [7, 11) is 0. The molecule has 0 aliphatic carbocycles. The van der Waals surface area contributed by atoms with Crippen molar-refractivity contribution in [3.8, 4) is 5.82 Å². The Morgan fingerprint density at radius 3 is 2.55 bits per heavy atom. The lowest BCUT2D eigenvalue weighted by atomic mass is 10.1. The maximum Gasteiger partial charge on any atom is 0.417 e. The van der Waals surface area contributed by atoms with Crippen molar-refractivity contribution in [3.63, 3.8) is 0 Å². The summed E-state index contributed by atoms with van der Waals surface area (Å²) in [6, 6.07) is 6.36. The van der Waals surface area contributed by atoms with Crippen molar-refractivity contribution in [3.05, 3.63) is 69.9 Å². The summed E-state index contributed by atoms with van der Waals surface area (Å²) in [5.41, 5.74) is 0.689. The Bertz CT molecular complexity index is 1060. The maximum absolute atomic E-state index is 13.9. The van der Waals surface area contributed by atoms with E-state index in [1.54, 1.807) is 13.8 Å². The quantitative estimate of drug-likeness (QED) is 0.605. The Morgan fingerprint density at radius 1 is 1.21 bits per heavy atom. The minimum absolute atomic E-state index is 0.0467. The van der Waals surface area contributed by atoms with Crippen molar-refractivity contribution in [2.45, 2.75) is 26.4 Å². The summed E-state index contributed by atoms with van der Waals surface area (Å²) in [5, 5.41) is 6.60. The lowest BCUT2D eigenvalue weighted by Gasteiger charge is -2.09. The van der Waals surface area contributed by atoms with Crippen LogP contribution in [0, 0.1) is 19.7 Å². The maximum atomic E-state index is 13.9. The number of carbonyl (C=O) groups excluding carboxylic acids is 1. The zero-order valence-electron chi connectivity index (χ0n) is 15.3. The first kappa shape index (κ1) is 20.8. The Morgan fingerprint density at radius 2 is 1.93 bits per heavy atom. The van der Waals surface area contributed by atoms with Gasteiger partial charge >= 0.3 is 6.18 Å². The number of carbonyl (C=O) groups is 1. The Hall–Kier alpha value is -2.94. The van der Waals surface area contributed by atoms with E-state index in [2.05, 4.69) is 15.4 Å². The number of aromatic nitrogens is 3. The summed E-state index contributed by atoms with van der Waals surface area (Å²) >= 11 is 5.70. The van der Waals surface area contributed by atoms with Crippen LogP contribution in [0.1, 0.15) is 22.5 Å². The highest BCUT2D eigenvalue weighted by molar-refractivity contribution is 6.31. The highest BCUT2D eigenvalue weighted by Crippen LogP contribution is 2.29. The first-order valence-electron chi connectivity index (χ1n) is 8.40. The number of alkyl halides is 3. The summed E-state index contributed by atoms with van der Waals surface area (Å²) in [6.45, 7) is 3.33. The molecule has 0 atom stereocenters. The van der Waals surface area contributed by atoms with Gasteiger partial charge in [-0.15, -0.1) is 0 Å². The van der Waals surface area contributed by atoms with Gasteiger partial charge < -0.3 is 5.32 Å². The molecule has 29 heavy (non-hydrogen) atoms. The molecule has 3 aromatic rings. The smallest absolute Gasteiger partial charge is 0.323 e. The SMILES string of the molecule is Cc1nn(-c2ccc(C(F)(F)F)cn2)c(C)c1CC(=O)Nc1cccc(Cl)c1F. The van der Waals surface area contributed by atoms with Gasteiger partial charge in [-0.3, -0.25) is 4.79 Å². The van der Waals surface area contributed by atoms with Crippen molar-refractivity contribution >= 4 is 23.2 Å². The molecule has 1 amide bonds. The number of pyridine rings is 1. The summed E-state index contributed by atoms with van der Waals surface area (Å²) in [4.78, 5) is 16.2. The van der Waals surface area contributed by atoms with Crippen molar-refractivity contribution in [2.24, 2.45) is 0 Å². The Kier molecular flexibility index (Phi) is 5.61. The number of amides is 1. The Labute approximate surface area is 168 Å². The predicted molar refractivity (Wildman–Crippen MR) is 99.6 cm³/mol.